The fraction of sp³-hybridized carbons (Fsp3) is 0.636. The van der Waals surface area contributed by atoms with Crippen molar-refractivity contribution in [2.24, 2.45) is 13.0 Å². The molecule has 0 radical (unpaired) electrons. The minimum atomic E-state index is 0.000623. The minimum absolute atomic E-state index is 0.000623. The lowest BCUT2D eigenvalue weighted by Crippen LogP contribution is -2.25. The zero-order valence-corrected chi connectivity index (χ0v) is 10.9. The van der Waals surface area contributed by atoms with Crippen LogP contribution in [-0.2, 0) is 18.3 Å². The molecule has 0 aliphatic carbocycles. The van der Waals surface area contributed by atoms with Crippen LogP contribution in [0, 0.1) is 12.8 Å². The van der Waals surface area contributed by atoms with Gasteiger partial charge in [0.2, 0.25) is 0 Å². The van der Waals surface area contributed by atoms with Gasteiger partial charge in [-0.05, 0) is 14.0 Å². The summed E-state index contributed by atoms with van der Waals surface area (Å²) in [4.78, 5) is 11.9. The number of hydrogen-bond donors (Lipinski definition) is 1. The maximum absolute atomic E-state index is 11.9. The zero-order chi connectivity index (χ0) is 12.3. The molecule has 0 bridgehead atoms. The van der Waals surface area contributed by atoms with Gasteiger partial charge in [0.25, 0.3) is 0 Å². The van der Waals surface area contributed by atoms with Crippen molar-refractivity contribution in [1.29, 1.82) is 0 Å². The number of nitrogens with zero attached hydrogens (tertiary/aromatic N) is 2. The highest BCUT2D eigenvalue weighted by molar-refractivity contribution is 6.30. The van der Waals surface area contributed by atoms with Crippen molar-refractivity contribution >= 4 is 17.4 Å². The third-order valence-electron chi connectivity index (χ3n) is 2.68. The molecule has 5 heteroatoms. The molecular formula is C11H18ClN3O. The highest BCUT2D eigenvalue weighted by Crippen LogP contribution is 2.20. The van der Waals surface area contributed by atoms with Crippen molar-refractivity contribution in [3.63, 3.8) is 0 Å². The summed E-state index contributed by atoms with van der Waals surface area (Å²) in [5.41, 5.74) is 1.68. The molecule has 1 aromatic rings. The van der Waals surface area contributed by atoms with Gasteiger partial charge in [-0.15, -0.1) is 0 Å². The smallest absolute Gasteiger partial charge is 0.141 e. The summed E-state index contributed by atoms with van der Waals surface area (Å²) in [7, 11) is 3.62. The first kappa shape index (κ1) is 13.2. The average molecular weight is 244 g/mol. The molecule has 4 nitrogen and oxygen atoms in total. The maximum atomic E-state index is 11.9. The van der Waals surface area contributed by atoms with E-state index >= 15 is 0 Å². The molecule has 1 N–H and O–H groups in total. The Labute approximate surface area is 101 Å². The molecule has 0 spiro atoms. The van der Waals surface area contributed by atoms with Crippen molar-refractivity contribution in [2.75, 3.05) is 13.6 Å². The van der Waals surface area contributed by atoms with E-state index < -0.39 is 0 Å². The molecule has 1 heterocycles. The third-order valence-corrected chi connectivity index (χ3v) is 3.15. The molecule has 0 amide bonds. The van der Waals surface area contributed by atoms with E-state index in [4.69, 9.17) is 11.6 Å². The lowest BCUT2D eigenvalue weighted by molar-refractivity contribution is -0.121. The lowest BCUT2D eigenvalue weighted by Gasteiger charge is -2.09. The number of aromatic nitrogens is 2. The molecule has 0 saturated heterocycles. The molecule has 0 aromatic carbocycles. The number of halogens is 1. The van der Waals surface area contributed by atoms with E-state index in [1.807, 2.05) is 20.9 Å². The number of nitrogens with one attached hydrogen (secondary N) is 1. The Morgan fingerprint density at radius 1 is 1.62 bits per heavy atom. The largest absolute Gasteiger partial charge is 0.319 e. The third kappa shape index (κ3) is 2.83. The Morgan fingerprint density at radius 3 is 2.69 bits per heavy atom. The van der Waals surface area contributed by atoms with Crippen LogP contribution in [0.5, 0.6) is 0 Å². The zero-order valence-electron chi connectivity index (χ0n) is 10.2. The quantitative estimate of drug-likeness (QED) is 0.849. The van der Waals surface area contributed by atoms with E-state index in [1.54, 1.807) is 11.7 Å². The Kier molecular flexibility index (Phi) is 4.50. The number of carbonyl (C=O) groups is 1. The fourth-order valence-electron chi connectivity index (χ4n) is 1.64. The molecular weight excluding hydrogens is 226 g/mol. The number of ketones is 1. The van der Waals surface area contributed by atoms with Crippen LogP contribution in [0.3, 0.4) is 0 Å². The first-order valence-electron chi connectivity index (χ1n) is 5.32. The summed E-state index contributed by atoms with van der Waals surface area (Å²) in [6.07, 6.45) is 0.362. The summed E-state index contributed by atoms with van der Waals surface area (Å²) < 4.78 is 1.60. The lowest BCUT2D eigenvalue weighted by atomic mass is 10.00. The van der Waals surface area contributed by atoms with E-state index in [-0.39, 0.29) is 11.7 Å². The molecule has 1 atom stereocenters. The molecule has 16 heavy (non-hydrogen) atoms. The molecule has 1 unspecified atom stereocenters. The van der Waals surface area contributed by atoms with Crippen molar-refractivity contribution in [3.05, 3.63) is 16.4 Å². The Bertz CT molecular complexity index is 387. The number of Topliss-reactive ketones (excluding diaryl/α,β-unsaturated/α-hetero) is 1. The molecule has 90 valence electrons. The number of aryl methyl sites for hydroxylation is 2. The highest BCUT2D eigenvalue weighted by Gasteiger charge is 2.18. The predicted octanol–water partition coefficient (Wildman–Crippen LogP) is 1.35. The Balaban J connectivity index is 2.77. The number of hydrogen-bond acceptors (Lipinski definition) is 3. The van der Waals surface area contributed by atoms with Crippen LogP contribution in [0.15, 0.2) is 0 Å². The molecule has 0 aliphatic heterocycles. The van der Waals surface area contributed by atoms with Gasteiger partial charge >= 0.3 is 0 Å². The van der Waals surface area contributed by atoms with Crippen molar-refractivity contribution in [1.82, 2.24) is 15.1 Å². The summed E-state index contributed by atoms with van der Waals surface area (Å²) in [6, 6.07) is 0. The topological polar surface area (TPSA) is 46.9 Å². The average Bonchev–Trinajstić information content (AvgIpc) is 2.45. The van der Waals surface area contributed by atoms with Gasteiger partial charge in [0.05, 0.1) is 5.69 Å². The van der Waals surface area contributed by atoms with Crippen molar-refractivity contribution in [2.45, 2.75) is 20.3 Å². The second-order valence-electron chi connectivity index (χ2n) is 4.08. The SMILES string of the molecule is CNCC(C)C(=O)Cc1c(C)nn(C)c1Cl. The van der Waals surface area contributed by atoms with Crippen LogP contribution in [0.1, 0.15) is 18.2 Å². The van der Waals surface area contributed by atoms with Crippen LogP contribution >= 0.6 is 11.6 Å². The molecule has 1 aromatic heterocycles. The number of carbonyl (C=O) groups excluding carboxylic acids is 1. The van der Waals surface area contributed by atoms with E-state index in [1.165, 1.54) is 0 Å². The van der Waals surface area contributed by atoms with E-state index in [0.717, 1.165) is 11.3 Å². The molecule has 0 fully saturated rings. The highest BCUT2D eigenvalue weighted by atomic mass is 35.5. The van der Waals surface area contributed by atoms with Crippen LogP contribution in [-0.4, -0.2) is 29.2 Å². The van der Waals surface area contributed by atoms with Crippen molar-refractivity contribution < 1.29 is 4.79 Å². The van der Waals surface area contributed by atoms with E-state index in [2.05, 4.69) is 10.4 Å². The summed E-state index contributed by atoms with van der Waals surface area (Å²) in [6.45, 7) is 4.48. The summed E-state index contributed by atoms with van der Waals surface area (Å²) in [5.74, 6) is 0.188. The monoisotopic (exact) mass is 243 g/mol. The first-order chi connectivity index (χ1) is 7.47. The predicted molar refractivity (Wildman–Crippen MR) is 64.8 cm³/mol. The normalized spacial score (nSPS) is 12.8. The molecule has 1 rings (SSSR count). The van der Waals surface area contributed by atoms with E-state index in [0.29, 0.717) is 18.1 Å². The summed E-state index contributed by atoms with van der Waals surface area (Å²) >= 11 is 6.07. The van der Waals surface area contributed by atoms with Crippen LogP contribution in [0.2, 0.25) is 5.15 Å². The van der Waals surface area contributed by atoms with Gasteiger partial charge in [-0.3, -0.25) is 9.48 Å². The maximum Gasteiger partial charge on any atom is 0.141 e. The first-order valence-corrected chi connectivity index (χ1v) is 5.70. The van der Waals surface area contributed by atoms with Crippen molar-refractivity contribution in [3.8, 4) is 0 Å². The van der Waals surface area contributed by atoms with Gasteiger partial charge in [0, 0.05) is 31.5 Å². The van der Waals surface area contributed by atoms with E-state index in [9.17, 15) is 4.79 Å². The van der Waals surface area contributed by atoms with Gasteiger partial charge in [0.1, 0.15) is 10.9 Å². The van der Waals surface area contributed by atoms with Crippen LogP contribution in [0.4, 0.5) is 0 Å². The van der Waals surface area contributed by atoms with Gasteiger partial charge in [0.15, 0.2) is 0 Å². The van der Waals surface area contributed by atoms with Gasteiger partial charge in [-0.2, -0.15) is 5.10 Å². The second kappa shape index (κ2) is 5.46. The van der Waals surface area contributed by atoms with Gasteiger partial charge < -0.3 is 5.32 Å². The summed E-state index contributed by atoms with van der Waals surface area (Å²) in [5, 5.41) is 7.74. The Morgan fingerprint density at radius 2 is 2.25 bits per heavy atom. The fourth-order valence-corrected chi connectivity index (χ4v) is 1.88. The Hall–Kier alpha value is -0.870. The molecule has 0 aliphatic rings. The standard InChI is InChI=1S/C11H18ClN3O/c1-7(6-13-3)10(16)5-9-8(2)14-15(4)11(9)12/h7,13H,5-6H2,1-4H3. The van der Waals surface area contributed by atoms with Crippen LogP contribution < -0.4 is 5.32 Å². The second-order valence-corrected chi connectivity index (χ2v) is 4.44. The van der Waals surface area contributed by atoms with Gasteiger partial charge in [-0.25, -0.2) is 0 Å². The van der Waals surface area contributed by atoms with Crippen LogP contribution in [0.25, 0.3) is 0 Å². The minimum Gasteiger partial charge on any atom is -0.319 e. The molecule has 0 saturated carbocycles. The number of rotatable bonds is 5. The van der Waals surface area contributed by atoms with Gasteiger partial charge in [-0.1, -0.05) is 18.5 Å².